The van der Waals surface area contributed by atoms with Crippen molar-refractivity contribution in [2.45, 2.75) is 32.4 Å². The second-order valence-corrected chi connectivity index (χ2v) is 4.72. The van der Waals surface area contributed by atoms with Gasteiger partial charge >= 0.3 is 0 Å². The van der Waals surface area contributed by atoms with Gasteiger partial charge in [-0.3, -0.25) is 14.4 Å². The fourth-order valence-corrected chi connectivity index (χ4v) is 1.70. The van der Waals surface area contributed by atoms with Crippen molar-refractivity contribution < 1.29 is 18.8 Å². The quantitative estimate of drug-likeness (QED) is 0.681. The number of primary amides is 1. The predicted octanol–water partition coefficient (Wildman–Crippen LogP) is -0.137. The van der Waals surface area contributed by atoms with E-state index >= 15 is 0 Å². The van der Waals surface area contributed by atoms with Gasteiger partial charge in [0.2, 0.25) is 17.7 Å². The first-order valence-corrected chi connectivity index (χ1v) is 6.41. The molecular formula is C14H18FN3O3. The summed E-state index contributed by atoms with van der Waals surface area (Å²) < 4.78 is 12.9. The molecular weight excluding hydrogens is 277 g/mol. The van der Waals surface area contributed by atoms with Crippen LogP contribution in [0.1, 0.15) is 19.4 Å². The van der Waals surface area contributed by atoms with Gasteiger partial charge in [-0.15, -0.1) is 0 Å². The molecule has 7 heteroatoms. The minimum Gasteiger partial charge on any atom is -0.368 e. The molecule has 0 fully saturated rings. The summed E-state index contributed by atoms with van der Waals surface area (Å²) in [6.07, 6.45) is 0.178. The van der Waals surface area contributed by atoms with Gasteiger partial charge in [0.1, 0.15) is 17.9 Å². The Morgan fingerprint density at radius 1 is 1.19 bits per heavy atom. The number of amides is 3. The maximum atomic E-state index is 12.9. The normalized spacial score (nSPS) is 13.1. The lowest BCUT2D eigenvalue weighted by Crippen LogP contribution is -2.52. The summed E-state index contributed by atoms with van der Waals surface area (Å²) in [6, 6.07) is 3.87. The molecule has 2 atom stereocenters. The first kappa shape index (κ1) is 16.6. The first-order valence-electron chi connectivity index (χ1n) is 6.41. The molecule has 4 N–H and O–H groups in total. The van der Waals surface area contributed by atoms with Crippen LogP contribution in [0.2, 0.25) is 0 Å². The summed E-state index contributed by atoms with van der Waals surface area (Å²) in [4.78, 5) is 34.2. The average Bonchev–Trinajstić information content (AvgIpc) is 2.39. The largest absolute Gasteiger partial charge is 0.368 e. The molecule has 21 heavy (non-hydrogen) atoms. The van der Waals surface area contributed by atoms with E-state index in [0.717, 1.165) is 0 Å². The van der Waals surface area contributed by atoms with Crippen molar-refractivity contribution in [1.82, 2.24) is 10.6 Å². The van der Waals surface area contributed by atoms with Crippen molar-refractivity contribution in [2.24, 2.45) is 5.73 Å². The number of halogens is 1. The van der Waals surface area contributed by atoms with Crippen molar-refractivity contribution in [3.05, 3.63) is 35.6 Å². The fraction of sp³-hybridized carbons (Fsp3) is 0.357. The molecule has 0 aliphatic heterocycles. The van der Waals surface area contributed by atoms with E-state index in [9.17, 15) is 18.8 Å². The lowest BCUT2D eigenvalue weighted by atomic mass is 10.0. The Bertz CT molecular complexity index is 531. The second-order valence-electron chi connectivity index (χ2n) is 4.72. The zero-order valence-corrected chi connectivity index (χ0v) is 11.9. The molecule has 0 radical (unpaired) electrons. The van der Waals surface area contributed by atoms with Crippen LogP contribution in [0, 0.1) is 5.82 Å². The van der Waals surface area contributed by atoms with E-state index in [1.807, 2.05) is 0 Å². The van der Waals surface area contributed by atoms with E-state index in [0.29, 0.717) is 5.56 Å². The van der Waals surface area contributed by atoms with Crippen molar-refractivity contribution in [3.8, 4) is 0 Å². The molecule has 0 saturated carbocycles. The average molecular weight is 295 g/mol. The van der Waals surface area contributed by atoms with Crippen LogP contribution in [-0.4, -0.2) is 29.8 Å². The molecule has 1 rings (SSSR count). The summed E-state index contributed by atoms with van der Waals surface area (Å²) >= 11 is 0. The predicted molar refractivity (Wildman–Crippen MR) is 74.5 cm³/mol. The number of carbonyl (C=O) groups excluding carboxylic acids is 3. The summed E-state index contributed by atoms with van der Waals surface area (Å²) in [5.74, 6) is -1.97. The van der Waals surface area contributed by atoms with Crippen molar-refractivity contribution in [2.75, 3.05) is 0 Å². The number of nitrogens with one attached hydrogen (secondary N) is 2. The first-order chi connectivity index (χ1) is 9.79. The molecule has 0 unspecified atom stereocenters. The number of rotatable bonds is 6. The Balaban J connectivity index is 2.79. The topological polar surface area (TPSA) is 101 Å². The van der Waals surface area contributed by atoms with Gasteiger partial charge < -0.3 is 16.4 Å². The third kappa shape index (κ3) is 5.60. The Morgan fingerprint density at radius 3 is 2.24 bits per heavy atom. The molecule has 0 spiro atoms. The molecule has 6 nitrogen and oxygen atoms in total. The van der Waals surface area contributed by atoms with E-state index < -0.39 is 23.9 Å². The summed E-state index contributed by atoms with van der Waals surface area (Å²) in [6.45, 7) is 2.73. The van der Waals surface area contributed by atoms with Gasteiger partial charge in [0.05, 0.1) is 0 Å². The van der Waals surface area contributed by atoms with E-state index in [1.165, 1.54) is 38.1 Å². The molecule has 114 valence electrons. The third-order valence-electron chi connectivity index (χ3n) is 2.83. The number of benzene rings is 1. The maximum absolute atomic E-state index is 12.9. The molecule has 0 heterocycles. The summed E-state index contributed by atoms with van der Waals surface area (Å²) in [7, 11) is 0. The molecule has 1 aromatic carbocycles. The number of carbonyl (C=O) groups is 3. The highest BCUT2D eigenvalue weighted by Gasteiger charge is 2.22. The van der Waals surface area contributed by atoms with Crippen LogP contribution in [0.15, 0.2) is 24.3 Å². The molecule has 1 aromatic rings. The minimum absolute atomic E-state index is 0.178. The molecule has 0 bridgehead atoms. The highest BCUT2D eigenvalue weighted by atomic mass is 19.1. The van der Waals surface area contributed by atoms with E-state index in [1.54, 1.807) is 0 Å². The highest BCUT2D eigenvalue weighted by Crippen LogP contribution is 2.06. The Kier molecular flexibility index (Phi) is 5.83. The zero-order chi connectivity index (χ0) is 16.0. The van der Waals surface area contributed by atoms with E-state index in [-0.39, 0.29) is 18.1 Å². The van der Waals surface area contributed by atoms with Crippen LogP contribution in [0.3, 0.4) is 0 Å². The maximum Gasteiger partial charge on any atom is 0.243 e. The lowest BCUT2D eigenvalue weighted by Gasteiger charge is -2.19. The van der Waals surface area contributed by atoms with Crippen LogP contribution in [0.5, 0.6) is 0 Å². The van der Waals surface area contributed by atoms with Gasteiger partial charge in [-0.25, -0.2) is 4.39 Å². The van der Waals surface area contributed by atoms with Gasteiger partial charge in [-0.1, -0.05) is 12.1 Å². The van der Waals surface area contributed by atoms with Gasteiger partial charge in [-0.05, 0) is 24.6 Å². The number of hydrogen-bond donors (Lipinski definition) is 3. The van der Waals surface area contributed by atoms with Crippen molar-refractivity contribution >= 4 is 17.7 Å². The van der Waals surface area contributed by atoms with Gasteiger partial charge in [0, 0.05) is 13.3 Å². The van der Waals surface area contributed by atoms with E-state index in [4.69, 9.17) is 5.73 Å². The van der Waals surface area contributed by atoms with Crippen LogP contribution >= 0.6 is 0 Å². The lowest BCUT2D eigenvalue weighted by molar-refractivity contribution is -0.130. The van der Waals surface area contributed by atoms with Crippen molar-refractivity contribution in [3.63, 3.8) is 0 Å². The zero-order valence-electron chi connectivity index (χ0n) is 11.9. The minimum atomic E-state index is -0.866. The van der Waals surface area contributed by atoms with Crippen LogP contribution in [-0.2, 0) is 20.8 Å². The molecule has 0 aliphatic carbocycles. The molecule has 3 amide bonds. The highest BCUT2D eigenvalue weighted by molar-refractivity contribution is 5.91. The van der Waals surface area contributed by atoms with Crippen molar-refractivity contribution in [1.29, 1.82) is 0 Å². The SMILES string of the molecule is CC(=O)N[C@@H](Cc1ccc(F)cc1)C(=O)N[C@@H](C)C(N)=O. The standard InChI is InChI=1S/C14H18FN3O3/c1-8(13(16)20)17-14(21)12(18-9(2)19)7-10-3-5-11(15)6-4-10/h3-6,8,12H,7H2,1-2H3,(H2,16,20)(H,17,21)(H,18,19)/t8-,12-/m0/s1. The molecule has 0 aromatic heterocycles. The third-order valence-corrected chi connectivity index (χ3v) is 2.83. The second kappa shape index (κ2) is 7.37. The summed E-state index contributed by atoms with van der Waals surface area (Å²) in [5.41, 5.74) is 5.75. The van der Waals surface area contributed by atoms with Gasteiger partial charge in [0.25, 0.3) is 0 Å². The Labute approximate surface area is 121 Å². The molecule has 0 saturated heterocycles. The number of nitrogens with two attached hydrogens (primary N) is 1. The smallest absolute Gasteiger partial charge is 0.243 e. The Hall–Kier alpha value is -2.44. The summed E-state index contributed by atoms with van der Waals surface area (Å²) in [5, 5.41) is 4.90. The van der Waals surface area contributed by atoms with Gasteiger partial charge in [0.15, 0.2) is 0 Å². The van der Waals surface area contributed by atoms with Crippen LogP contribution < -0.4 is 16.4 Å². The van der Waals surface area contributed by atoms with Crippen LogP contribution in [0.4, 0.5) is 4.39 Å². The monoisotopic (exact) mass is 295 g/mol. The Morgan fingerprint density at radius 2 is 1.76 bits per heavy atom. The fourth-order valence-electron chi connectivity index (χ4n) is 1.70. The van der Waals surface area contributed by atoms with Gasteiger partial charge in [-0.2, -0.15) is 0 Å². The van der Waals surface area contributed by atoms with E-state index in [2.05, 4.69) is 10.6 Å². The number of hydrogen-bond acceptors (Lipinski definition) is 3. The van der Waals surface area contributed by atoms with Crippen LogP contribution in [0.25, 0.3) is 0 Å². The molecule has 0 aliphatic rings.